The van der Waals surface area contributed by atoms with Crippen LogP contribution in [0.25, 0.3) is 11.4 Å². The average Bonchev–Trinajstić information content (AvgIpc) is 2.78. The summed E-state index contributed by atoms with van der Waals surface area (Å²) < 4.78 is 38.5. The monoisotopic (exact) mass is 432 g/mol. The van der Waals surface area contributed by atoms with Crippen molar-refractivity contribution < 1.29 is 18.0 Å². The molecule has 31 heavy (non-hydrogen) atoms. The van der Waals surface area contributed by atoms with Gasteiger partial charge in [-0.2, -0.15) is 13.2 Å². The number of alkyl halides is 3. The summed E-state index contributed by atoms with van der Waals surface area (Å²) in [6.45, 7) is 4.53. The number of hydrogen-bond acceptors (Lipinski definition) is 4. The first-order chi connectivity index (χ1) is 14.8. The number of carbonyl (C=O) groups excluding carboxylic acids is 1. The molecule has 0 atom stereocenters. The molecule has 2 aliphatic rings. The van der Waals surface area contributed by atoms with Crippen LogP contribution < -0.4 is 4.90 Å². The molecule has 1 amide bonds. The van der Waals surface area contributed by atoms with Crippen molar-refractivity contribution in [3.8, 4) is 11.4 Å². The average molecular weight is 432 g/mol. The number of carbonyl (C=O) groups is 1. The van der Waals surface area contributed by atoms with Gasteiger partial charge in [0.05, 0.1) is 5.56 Å². The van der Waals surface area contributed by atoms with Crippen LogP contribution in [0.15, 0.2) is 30.3 Å². The predicted octanol–water partition coefficient (Wildman–Crippen LogP) is 4.70. The Kier molecular flexibility index (Phi) is 6.16. The highest BCUT2D eigenvalue weighted by atomic mass is 19.4. The molecule has 0 spiro atoms. The van der Waals surface area contributed by atoms with Crippen molar-refractivity contribution in [3.05, 3.63) is 41.6 Å². The van der Waals surface area contributed by atoms with Gasteiger partial charge in [0.25, 0.3) is 0 Å². The molecule has 1 aliphatic heterocycles. The van der Waals surface area contributed by atoms with E-state index >= 15 is 0 Å². The van der Waals surface area contributed by atoms with E-state index in [2.05, 4.69) is 14.9 Å². The van der Waals surface area contributed by atoms with E-state index in [1.807, 2.05) is 17.9 Å². The van der Waals surface area contributed by atoms with Crippen molar-refractivity contribution in [2.75, 3.05) is 31.1 Å². The summed E-state index contributed by atoms with van der Waals surface area (Å²) in [6.07, 6.45) is 1.14. The van der Waals surface area contributed by atoms with Gasteiger partial charge in [0.2, 0.25) is 5.91 Å². The number of nitrogens with zero attached hydrogens (tertiary/aromatic N) is 4. The molecule has 2 heterocycles. The number of benzene rings is 1. The number of rotatable bonds is 3. The Labute approximate surface area is 180 Å². The van der Waals surface area contributed by atoms with E-state index in [0.29, 0.717) is 37.6 Å². The standard InChI is InChI=1S/C23H27F3N4O/c1-16-15-20(28-21(27-16)17-7-9-19(10-8-17)23(24,25)26)29-11-13-30(14-12-29)22(31)18-5-3-2-4-6-18/h7-10,15,18H,2-6,11-14H2,1H3. The van der Waals surface area contributed by atoms with Gasteiger partial charge in [-0.25, -0.2) is 9.97 Å². The fourth-order valence-corrected chi connectivity index (χ4v) is 4.41. The van der Waals surface area contributed by atoms with Gasteiger partial charge in [0.15, 0.2) is 5.82 Å². The van der Waals surface area contributed by atoms with Crippen LogP contribution in [0.1, 0.15) is 43.4 Å². The molecular weight excluding hydrogens is 405 g/mol. The van der Waals surface area contributed by atoms with Crippen LogP contribution in [0.5, 0.6) is 0 Å². The molecule has 2 fully saturated rings. The minimum absolute atomic E-state index is 0.174. The molecular formula is C23H27F3N4O. The molecule has 0 radical (unpaired) electrons. The van der Waals surface area contributed by atoms with Crippen LogP contribution in [0, 0.1) is 12.8 Å². The second-order valence-electron chi connectivity index (χ2n) is 8.41. The van der Waals surface area contributed by atoms with Crippen LogP contribution in [-0.4, -0.2) is 47.0 Å². The normalized spacial score (nSPS) is 18.3. The summed E-state index contributed by atoms with van der Waals surface area (Å²) in [5.41, 5.74) is 0.604. The maximum atomic E-state index is 12.8. The number of aromatic nitrogens is 2. The van der Waals surface area contributed by atoms with Gasteiger partial charge in [-0.1, -0.05) is 31.4 Å². The van der Waals surface area contributed by atoms with Gasteiger partial charge >= 0.3 is 6.18 Å². The van der Waals surface area contributed by atoms with Crippen LogP contribution in [0.2, 0.25) is 0 Å². The first kappa shape index (κ1) is 21.6. The molecule has 8 heteroatoms. The minimum Gasteiger partial charge on any atom is -0.353 e. The van der Waals surface area contributed by atoms with Gasteiger partial charge in [-0.05, 0) is 31.9 Å². The van der Waals surface area contributed by atoms with Gasteiger partial charge in [0.1, 0.15) is 5.82 Å². The van der Waals surface area contributed by atoms with Crippen molar-refractivity contribution in [3.63, 3.8) is 0 Å². The van der Waals surface area contributed by atoms with E-state index in [4.69, 9.17) is 0 Å². The highest BCUT2D eigenvalue weighted by Crippen LogP contribution is 2.31. The maximum Gasteiger partial charge on any atom is 0.416 e. The molecule has 1 aliphatic carbocycles. The largest absolute Gasteiger partial charge is 0.416 e. The second kappa shape index (κ2) is 8.85. The van der Waals surface area contributed by atoms with Crippen molar-refractivity contribution in [2.45, 2.75) is 45.2 Å². The van der Waals surface area contributed by atoms with Gasteiger partial charge in [-0.15, -0.1) is 0 Å². The lowest BCUT2D eigenvalue weighted by Crippen LogP contribution is -2.50. The first-order valence-corrected chi connectivity index (χ1v) is 10.9. The van der Waals surface area contributed by atoms with Crippen LogP contribution in [0.3, 0.4) is 0 Å². The molecule has 0 bridgehead atoms. The van der Waals surface area contributed by atoms with Crippen LogP contribution >= 0.6 is 0 Å². The van der Waals surface area contributed by atoms with Crippen LogP contribution in [-0.2, 0) is 11.0 Å². The molecule has 166 valence electrons. The fraction of sp³-hybridized carbons (Fsp3) is 0.522. The predicted molar refractivity (Wildman–Crippen MR) is 113 cm³/mol. The Morgan fingerprint density at radius 1 is 0.968 bits per heavy atom. The maximum absolute atomic E-state index is 12.8. The fourth-order valence-electron chi connectivity index (χ4n) is 4.41. The number of halogens is 3. The smallest absolute Gasteiger partial charge is 0.353 e. The topological polar surface area (TPSA) is 49.3 Å². The quantitative estimate of drug-likeness (QED) is 0.706. The van der Waals surface area contributed by atoms with Crippen LogP contribution in [0.4, 0.5) is 19.0 Å². The second-order valence-corrected chi connectivity index (χ2v) is 8.41. The molecule has 1 aromatic carbocycles. The lowest BCUT2D eigenvalue weighted by Gasteiger charge is -2.37. The zero-order valence-corrected chi connectivity index (χ0v) is 17.7. The Morgan fingerprint density at radius 2 is 1.61 bits per heavy atom. The summed E-state index contributed by atoms with van der Waals surface area (Å²) >= 11 is 0. The van der Waals surface area contributed by atoms with E-state index in [0.717, 1.165) is 49.3 Å². The lowest BCUT2D eigenvalue weighted by molar-refractivity contribution is -0.138. The van der Waals surface area contributed by atoms with Gasteiger partial charge in [0, 0.05) is 49.4 Å². The Bertz CT molecular complexity index is 915. The van der Waals surface area contributed by atoms with Crippen molar-refractivity contribution in [2.24, 2.45) is 5.92 Å². The molecule has 4 rings (SSSR count). The highest BCUT2D eigenvalue weighted by molar-refractivity contribution is 5.79. The SMILES string of the molecule is Cc1cc(N2CCN(C(=O)C3CCCCC3)CC2)nc(-c2ccc(C(F)(F)F)cc2)n1. The summed E-state index contributed by atoms with van der Waals surface area (Å²) in [5.74, 6) is 1.60. The minimum atomic E-state index is -4.37. The van der Waals surface area contributed by atoms with Gasteiger partial charge in [-0.3, -0.25) is 4.79 Å². The third kappa shape index (κ3) is 4.99. The number of hydrogen-bond donors (Lipinski definition) is 0. The summed E-state index contributed by atoms with van der Waals surface area (Å²) in [4.78, 5) is 25.9. The summed E-state index contributed by atoms with van der Waals surface area (Å²) in [6, 6.07) is 6.79. The number of aryl methyl sites for hydroxylation is 1. The number of amides is 1. The van der Waals surface area contributed by atoms with E-state index in [1.54, 1.807) is 0 Å². The third-order valence-electron chi connectivity index (χ3n) is 6.18. The first-order valence-electron chi connectivity index (χ1n) is 10.9. The van der Waals surface area contributed by atoms with E-state index in [1.165, 1.54) is 18.6 Å². The number of piperazine rings is 1. The third-order valence-corrected chi connectivity index (χ3v) is 6.18. The molecule has 1 saturated heterocycles. The van der Waals surface area contributed by atoms with Crippen molar-refractivity contribution >= 4 is 11.7 Å². The van der Waals surface area contributed by atoms with E-state index < -0.39 is 11.7 Å². The Balaban J connectivity index is 1.45. The molecule has 5 nitrogen and oxygen atoms in total. The number of anilines is 1. The lowest BCUT2D eigenvalue weighted by atomic mass is 9.88. The zero-order valence-electron chi connectivity index (χ0n) is 17.7. The summed E-state index contributed by atoms with van der Waals surface area (Å²) in [7, 11) is 0. The molecule has 0 unspecified atom stereocenters. The molecule has 1 saturated carbocycles. The molecule has 1 aromatic heterocycles. The Hall–Kier alpha value is -2.64. The Morgan fingerprint density at radius 3 is 2.23 bits per heavy atom. The van der Waals surface area contributed by atoms with E-state index in [9.17, 15) is 18.0 Å². The summed E-state index contributed by atoms with van der Waals surface area (Å²) in [5, 5.41) is 0. The van der Waals surface area contributed by atoms with Crippen molar-refractivity contribution in [1.82, 2.24) is 14.9 Å². The van der Waals surface area contributed by atoms with Gasteiger partial charge < -0.3 is 9.80 Å². The zero-order chi connectivity index (χ0) is 22.0. The molecule has 2 aromatic rings. The van der Waals surface area contributed by atoms with E-state index in [-0.39, 0.29) is 11.8 Å². The van der Waals surface area contributed by atoms with Crippen molar-refractivity contribution in [1.29, 1.82) is 0 Å². The molecule has 0 N–H and O–H groups in total. The highest BCUT2D eigenvalue weighted by Gasteiger charge is 2.31.